The van der Waals surface area contributed by atoms with Gasteiger partial charge in [-0.2, -0.15) is 0 Å². The van der Waals surface area contributed by atoms with Crippen molar-refractivity contribution >= 4 is 40.2 Å². The van der Waals surface area contributed by atoms with Gasteiger partial charge in [0.1, 0.15) is 6.29 Å². The molecule has 0 aliphatic carbocycles. The number of benzene rings is 1. The minimum Gasteiger partial charge on any atom is -0.374 e. The van der Waals surface area contributed by atoms with Gasteiger partial charge in [-0.1, -0.05) is 17.4 Å². The number of hydrogen-bond acceptors (Lipinski definition) is 8. The van der Waals surface area contributed by atoms with Crippen molar-refractivity contribution < 1.29 is 9.72 Å². The molecule has 0 bridgehead atoms. The number of carbonyl (C=O) groups is 1. The molecule has 7 nitrogen and oxygen atoms in total. The first-order valence-corrected chi connectivity index (χ1v) is 6.24. The van der Waals surface area contributed by atoms with Gasteiger partial charge in [0.05, 0.1) is 9.82 Å². The standard InChI is InChI=1S/C9H6N4O3S2/c10-8-11-12-9(18-8)17-7-2-1-5(4-14)3-6(7)13(15)16/h1-4H,(H2,10,11). The van der Waals surface area contributed by atoms with E-state index >= 15 is 0 Å². The number of rotatable bonds is 4. The number of nitrogens with zero attached hydrogens (tertiary/aromatic N) is 3. The number of carbonyl (C=O) groups excluding carboxylic acids is 1. The molecule has 2 rings (SSSR count). The molecular formula is C9H6N4O3S2. The van der Waals surface area contributed by atoms with E-state index in [4.69, 9.17) is 5.73 Å². The zero-order valence-electron chi connectivity index (χ0n) is 8.77. The molecule has 0 aliphatic heterocycles. The van der Waals surface area contributed by atoms with E-state index in [2.05, 4.69) is 10.2 Å². The molecule has 1 heterocycles. The summed E-state index contributed by atoms with van der Waals surface area (Å²) in [4.78, 5) is 21.3. The number of aldehydes is 1. The fourth-order valence-corrected chi connectivity index (χ4v) is 2.87. The second-order valence-electron chi connectivity index (χ2n) is 3.11. The van der Waals surface area contributed by atoms with Crippen molar-refractivity contribution in [1.82, 2.24) is 10.2 Å². The van der Waals surface area contributed by atoms with E-state index in [1.807, 2.05) is 0 Å². The Labute approximate surface area is 109 Å². The van der Waals surface area contributed by atoms with Crippen LogP contribution in [0.4, 0.5) is 10.8 Å². The van der Waals surface area contributed by atoms with Crippen molar-refractivity contribution in [2.75, 3.05) is 5.73 Å². The molecule has 9 heteroatoms. The molecule has 18 heavy (non-hydrogen) atoms. The largest absolute Gasteiger partial charge is 0.374 e. The van der Waals surface area contributed by atoms with Crippen LogP contribution in [0.1, 0.15) is 10.4 Å². The highest BCUT2D eigenvalue weighted by Crippen LogP contribution is 2.36. The van der Waals surface area contributed by atoms with E-state index < -0.39 is 4.92 Å². The number of nitro benzene ring substituents is 1. The molecule has 2 N–H and O–H groups in total. The molecular weight excluding hydrogens is 276 g/mol. The van der Waals surface area contributed by atoms with Crippen molar-refractivity contribution in [2.45, 2.75) is 9.24 Å². The van der Waals surface area contributed by atoms with Crippen molar-refractivity contribution in [1.29, 1.82) is 0 Å². The number of aromatic nitrogens is 2. The monoisotopic (exact) mass is 282 g/mol. The van der Waals surface area contributed by atoms with Crippen molar-refractivity contribution in [3.05, 3.63) is 33.9 Å². The summed E-state index contributed by atoms with van der Waals surface area (Å²) < 4.78 is 0.509. The lowest BCUT2D eigenvalue weighted by molar-refractivity contribution is -0.387. The summed E-state index contributed by atoms with van der Waals surface area (Å²) in [6.07, 6.45) is 0.560. The van der Waals surface area contributed by atoms with Gasteiger partial charge in [-0.15, -0.1) is 10.2 Å². The van der Waals surface area contributed by atoms with Crippen LogP contribution in [0.2, 0.25) is 0 Å². The molecule has 0 amide bonds. The lowest BCUT2D eigenvalue weighted by atomic mass is 10.2. The summed E-state index contributed by atoms with van der Waals surface area (Å²) in [7, 11) is 0. The predicted octanol–water partition coefficient (Wildman–Crippen LogP) is 1.99. The van der Waals surface area contributed by atoms with Crippen molar-refractivity contribution in [3.63, 3.8) is 0 Å². The summed E-state index contributed by atoms with van der Waals surface area (Å²) in [5, 5.41) is 18.6. The van der Waals surface area contributed by atoms with Crippen LogP contribution < -0.4 is 5.73 Å². The van der Waals surface area contributed by atoms with Crippen molar-refractivity contribution in [2.24, 2.45) is 0 Å². The quantitative estimate of drug-likeness (QED) is 0.518. The molecule has 0 spiro atoms. The van der Waals surface area contributed by atoms with Crippen LogP contribution in [0.3, 0.4) is 0 Å². The SMILES string of the molecule is Nc1nnc(Sc2ccc(C=O)cc2[N+](=O)[O-])s1. The van der Waals surface area contributed by atoms with E-state index in [0.29, 0.717) is 20.7 Å². The molecule has 0 saturated heterocycles. The molecule has 0 saturated carbocycles. The molecule has 0 fully saturated rings. The lowest BCUT2D eigenvalue weighted by Crippen LogP contribution is -1.92. The van der Waals surface area contributed by atoms with Crippen LogP contribution >= 0.6 is 23.1 Å². The summed E-state index contributed by atoms with van der Waals surface area (Å²) in [6, 6.07) is 4.23. The van der Waals surface area contributed by atoms with Gasteiger partial charge in [0.15, 0.2) is 4.34 Å². The van der Waals surface area contributed by atoms with Gasteiger partial charge in [0.2, 0.25) is 5.13 Å². The van der Waals surface area contributed by atoms with Gasteiger partial charge < -0.3 is 5.73 Å². The van der Waals surface area contributed by atoms with Crippen LogP contribution in [0, 0.1) is 10.1 Å². The first-order valence-electron chi connectivity index (χ1n) is 4.60. The third kappa shape index (κ3) is 2.63. The summed E-state index contributed by atoms with van der Waals surface area (Å²) in [5.41, 5.74) is 5.54. The minimum absolute atomic E-state index is 0.140. The van der Waals surface area contributed by atoms with Gasteiger partial charge in [0, 0.05) is 11.6 Å². The second kappa shape index (κ2) is 5.10. The van der Waals surface area contributed by atoms with E-state index in [1.54, 1.807) is 0 Å². The maximum atomic E-state index is 10.9. The van der Waals surface area contributed by atoms with Crippen LogP contribution in [-0.4, -0.2) is 21.4 Å². The normalized spacial score (nSPS) is 10.2. The maximum Gasteiger partial charge on any atom is 0.284 e. The molecule has 0 atom stereocenters. The summed E-state index contributed by atoms with van der Waals surface area (Å²) in [6.45, 7) is 0. The van der Waals surface area contributed by atoms with Gasteiger partial charge in [0.25, 0.3) is 5.69 Å². The Morgan fingerprint density at radius 2 is 2.22 bits per heavy atom. The zero-order chi connectivity index (χ0) is 13.1. The Morgan fingerprint density at radius 1 is 1.44 bits per heavy atom. The Kier molecular flexibility index (Phi) is 3.53. The Balaban J connectivity index is 2.37. The first kappa shape index (κ1) is 12.5. The number of anilines is 1. The molecule has 0 radical (unpaired) electrons. The molecule has 2 aromatic rings. The van der Waals surface area contributed by atoms with Gasteiger partial charge in [-0.25, -0.2) is 0 Å². The maximum absolute atomic E-state index is 10.9. The predicted molar refractivity (Wildman–Crippen MR) is 66.9 cm³/mol. The number of nitrogen functional groups attached to an aromatic ring is 1. The highest BCUT2D eigenvalue weighted by molar-refractivity contribution is 8.01. The number of nitro groups is 1. The smallest absolute Gasteiger partial charge is 0.284 e. The van der Waals surface area contributed by atoms with E-state index in [0.717, 1.165) is 23.1 Å². The average Bonchev–Trinajstić information content (AvgIpc) is 2.75. The minimum atomic E-state index is -0.542. The van der Waals surface area contributed by atoms with E-state index in [1.165, 1.54) is 18.2 Å². The molecule has 1 aromatic heterocycles. The van der Waals surface area contributed by atoms with Crippen molar-refractivity contribution in [3.8, 4) is 0 Å². The molecule has 0 aliphatic rings. The Bertz CT molecular complexity index is 614. The topological polar surface area (TPSA) is 112 Å². The van der Waals surface area contributed by atoms with Gasteiger partial charge >= 0.3 is 0 Å². The van der Waals surface area contributed by atoms with E-state index in [9.17, 15) is 14.9 Å². The first-order chi connectivity index (χ1) is 8.60. The number of nitrogens with two attached hydrogens (primary N) is 1. The fourth-order valence-electron chi connectivity index (χ4n) is 1.19. The van der Waals surface area contributed by atoms with Crippen LogP contribution in [0.5, 0.6) is 0 Å². The van der Waals surface area contributed by atoms with Crippen LogP contribution in [0.15, 0.2) is 27.4 Å². The Hall–Kier alpha value is -2.00. The van der Waals surface area contributed by atoms with Crippen LogP contribution in [-0.2, 0) is 0 Å². The Morgan fingerprint density at radius 3 is 2.78 bits per heavy atom. The average molecular weight is 282 g/mol. The summed E-state index contributed by atoms with van der Waals surface area (Å²) >= 11 is 2.23. The second-order valence-corrected chi connectivity index (χ2v) is 5.41. The van der Waals surface area contributed by atoms with E-state index in [-0.39, 0.29) is 11.3 Å². The third-order valence-electron chi connectivity index (χ3n) is 1.94. The van der Waals surface area contributed by atoms with Gasteiger partial charge in [-0.05, 0) is 17.8 Å². The lowest BCUT2D eigenvalue weighted by Gasteiger charge is -2.00. The molecule has 92 valence electrons. The third-order valence-corrected chi connectivity index (χ3v) is 3.80. The zero-order valence-corrected chi connectivity index (χ0v) is 10.4. The molecule has 1 aromatic carbocycles. The van der Waals surface area contributed by atoms with Gasteiger partial charge in [-0.3, -0.25) is 14.9 Å². The highest BCUT2D eigenvalue weighted by atomic mass is 32.2. The fraction of sp³-hybridized carbons (Fsp3) is 0. The molecule has 0 unspecified atom stereocenters. The van der Waals surface area contributed by atoms with Crippen LogP contribution in [0.25, 0.3) is 0 Å². The highest BCUT2D eigenvalue weighted by Gasteiger charge is 2.17. The summed E-state index contributed by atoms with van der Waals surface area (Å²) in [5.74, 6) is 0. The number of hydrogen-bond donors (Lipinski definition) is 1.